The molecule has 0 radical (unpaired) electrons. The minimum Gasteiger partial charge on any atom is -0.389 e. The van der Waals surface area contributed by atoms with Gasteiger partial charge in [-0.3, -0.25) is 0 Å². The first kappa shape index (κ1) is 7.44. The monoisotopic (exact) mass is 155 g/mol. The lowest BCUT2D eigenvalue weighted by Gasteiger charge is -1.81. The summed E-state index contributed by atoms with van der Waals surface area (Å²) >= 11 is 1.48. The maximum atomic E-state index is 8.64. The van der Waals surface area contributed by atoms with E-state index >= 15 is 0 Å². The molecule has 0 saturated heterocycles. The predicted molar refractivity (Wildman–Crippen MR) is 42.7 cm³/mol. The maximum absolute atomic E-state index is 8.64. The molecule has 0 aliphatic rings. The number of aromatic nitrogens is 1. The van der Waals surface area contributed by atoms with E-state index in [0.29, 0.717) is 0 Å². The van der Waals surface area contributed by atoms with E-state index in [9.17, 15) is 0 Å². The van der Waals surface area contributed by atoms with Gasteiger partial charge in [-0.2, -0.15) is 0 Å². The number of nitrogens with zero attached hydrogens (tertiary/aromatic N) is 1. The van der Waals surface area contributed by atoms with Crippen molar-refractivity contribution >= 4 is 17.4 Å². The Hall–Kier alpha value is -0.670. The highest BCUT2D eigenvalue weighted by Crippen LogP contribution is 2.10. The van der Waals surface area contributed by atoms with Gasteiger partial charge in [-0.1, -0.05) is 6.08 Å². The lowest BCUT2D eigenvalue weighted by molar-refractivity contribution is 0.281. The molecule has 0 unspecified atom stereocenters. The molecular formula is C7H9NOS. The smallest absolute Gasteiger partial charge is 0.119 e. The van der Waals surface area contributed by atoms with Crippen molar-refractivity contribution in [2.45, 2.75) is 13.5 Å². The standard InChI is InChI=1S/C7H9NOS/c1-2-3-6-5-10-7(4-9)8-6/h2-3,5,9H,4H2,1H3/b3-2-. The first-order valence-electron chi connectivity index (χ1n) is 3.04. The van der Waals surface area contributed by atoms with Gasteiger partial charge in [0.05, 0.1) is 12.3 Å². The molecule has 0 atom stereocenters. The van der Waals surface area contributed by atoms with E-state index in [1.54, 1.807) is 0 Å². The van der Waals surface area contributed by atoms with Crippen LogP contribution in [0.15, 0.2) is 11.5 Å². The highest BCUT2D eigenvalue weighted by atomic mass is 32.1. The Morgan fingerprint density at radius 2 is 2.60 bits per heavy atom. The van der Waals surface area contributed by atoms with Crippen molar-refractivity contribution in [3.63, 3.8) is 0 Å². The first-order valence-corrected chi connectivity index (χ1v) is 3.92. The zero-order valence-corrected chi connectivity index (χ0v) is 6.56. The van der Waals surface area contributed by atoms with Crippen LogP contribution in [-0.2, 0) is 6.61 Å². The molecule has 1 heterocycles. The zero-order chi connectivity index (χ0) is 7.40. The molecule has 0 saturated carbocycles. The number of aliphatic hydroxyl groups excluding tert-OH is 1. The third-order valence-electron chi connectivity index (χ3n) is 1.04. The molecule has 2 nitrogen and oxygen atoms in total. The van der Waals surface area contributed by atoms with E-state index in [1.165, 1.54) is 11.3 Å². The second-order valence-corrected chi connectivity index (χ2v) is 2.77. The minimum absolute atomic E-state index is 0.0439. The van der Waals surface area contributed by atoms with Crippen LogP contribution in [0.25, 0.3) is 6.08 Å². The van der Waals surface area contributed by atoms with Gasteiger partial charge < -0.3 is 5.11 Å². The Kier molecular flexibility index (Phi) is 2.59. The Morgan fingerprint density at radius 1 is 1.80 bits per heavy atom. The largest absolute Gasteiger partial charge is 0.389 e. The van der Waals surface area contributed by atoms with E-state index in [-0.39, 0.29) is 6.61 Å². The average Bonchev–Trinajstić information content (AvgIpc) is 2.37. The molecule has 54 valence electrons. The van der Waals surface area contributed by atoms with Crippen LogP contribution in [0.4, 0.5) is 0 Å². The third-order valence-corrected chi connectivity index (χ3v) is 1.89. The molecule has 0 aliphatic heterocycles. The molecule has 1 N–H and O–H groups in total. The summed E-state index contributed by atoms with van der Waals surface area (Å²) in [7, 11) is 0. The van der Waals surface area contributed by atoms with Crippen LogP contribution in [0.5, 0.6) is 0 Å². The first-order chi connectivity index (χ1) is 4.86. The van der Waals surface area contributed by atoms with Gasteiger partial charge in [0.1, 0.15) is 5.01 Å². The molecule has 10 heavy (non-hydrogen) atoms. The molecule has 0 spiro atoms. The van der Waals surface area contributed by atoms with E-state index in [0.717, 1.165) is 10.7 Å². The summed E-state index contributed by atoms with van der Waals surface area (Å²) in [5.74, 6) is 0. The predicted octanol–water partition coefficient (Wildman–Crippen LogP) is 1.67. The van der Waals surface area contributed by atoms with Crippen LogP contribution in [0.1, 0.15) is 17.6 Å². The molecule has 1 rings (SSSR count). The molecule has 0 amide bonds. The number of aliphatic hydroxyl groups is 1. The van der Waals surface area contributed by atoms with E-state index < -0.39 is 0 Å². The highest BCUT2D eigenvalue weighted by Gasteiger charge is 1.94. The fraction of sp³-hybridized carbons (Fsp3) is 0.286. The highest BCUT2D eigenvalue weighted by molar-refractivity contribution is 7.09. The van der Waals surface area contributed by atoms with Crippen LogP contribution in [0.2, 0.25) is 0 Å². The zero-order valence-electron chi connectivity index (χ0n) is 5.74. The van der Waals surface area contributed by atoms with Gasteiger partial charge >= 0.3 is 0 Å². The normalized spacial score (nSPS) is 11.0. The van der Waals surface area contributed by atoms with Crippen LogP contribution >= 0.6 is 11.3 Å². The number of hydrogen-bond acceptors (Lipinski definition) is 3. The Labute approximate surface area is 63.9 Å². The number of allylic oxidation sites excluding steroid dienone is 1. The lowest BCUT2D eigenvalue weighted by atomic mass is 10.4. The van der Waals surface area contributed by atoms with E-state index in [4.69, 9.17) is 5.11 Å². The summed E-state index contributed by atoms with van der Waals surface area (Å²) in [6.45, 7) is 1.99. The number of thiazole rings is 1. The second kappa shape index (κ2) is 3.49. The van der Waals surface area contributed by atoms with Crippen molar-refractivity contribution in [1.82, 2.24) is 4.98 Å². The summed E-state index contributed by atoms with van der Waals surface area (Å²) in [6, 6.07) is 0. The van der Waals surface area contributed by atoms with Gasteiger partial charge in [0.15, 0.2) is 0 Å². The van der Waals surface area contributed by atoms with Gasteiger partial charge in [0, 0.05) is 5.38 Å². The van der Waals surface area contributed by atoms with Gasteiger partial charge in [-0.25, -0.2) is 4.98 Å². The second-order valence-electron chi connectivity index (χ2n) is 1.82. The number of hydrogen-bond donors (Lipinski definition) is 1. The molecule has 3 heteroatoms. The van der Waals surface area contributed by atoms with Crippen molar-refractivity contribution in [2.75, 3.05) is 0 Å². The molecule has 0 fully saturated rings. The van der Waals surface area contributed by atoms with Gasteiger partial charge in [0.25, 0.3) is 0 Å². The van der Waals surface area contributed by atoms with Gasteiger partial charge in [0.2, 0.25) is 0 Å². The summed E-state index contributed by atoms with van der Waals surface area (Å²) in [6.07, 6.45) is 3.84. The quantitative estimate of drug-likeness (QED) is 0.704. The van der Waals surface area contributed by atoms with Crippen LogP contribution in [0, 0.1) is 0 Å². The molecule has 0 bridgehead atoms. The fourth-order valence-corrected chi connectivity index (χ4v) is 1.27. The van der Waals surface area contributed by atoms with Gasteiger partial charge in [-0.15, -0.1) is 11.3 Å². The molecule has 0 aliphatic carbocycles. The molecular weight excluding hydrogens is 146 g/mol. The Bertz CT molecular complexity index is 229. The van der Waals surface area contributed by atoms with Crippen LogP contribution in [-0.4, -0.2) is 10.1 Å². The summed E-state index contributed by atoms with van der Waals surface area (Å²) in [5, 5.41) is 11.3. The summed E-state index contributed by atoms with van der Waals surface area (Å²) in [5.41, 5.74) is 0.927. The molecule has 0 aromatic carbocycles. The van der Waals surface area contributed by atoms with E-state index in [1.807, 2.05) is 24.5 Å². The maximum Gasteiger partial charge on any atom is 0.119 e. The Morgan fingerprint density at radius 3 is 3.10 bits per heavy atom. The summed E-state index contributed by atoms with van der Waals surface area (Å²) < 4.78 is 0. The molecule has 1 aromatic heterocycles. The third kappa shape index (κ3) is 1.65. The van der Waals surface area contributed by atoms with Crippen molar-refractivity contribution < 1.29 is 5.11 Å². The SMILES string of the molecule is C/C=C\c1csc(CO)n1. The number of rotatable bonds is 2. The van der Waals surface area contributed by atoms with Crippen molar-refractivity contribution in [3.05, 3.63) is 22.2 Å². The van der Waals surface area contributed by atoms with Crippen molar-refractivity contribution in [3.8, 4) is 0 Å². The topological polar surface area (TPSA) is 33.1 Å². The minimum atomic E-state index is 0.0439. The summed E-state index contributed by atoms with van der Waals surface area (Å²) in [4.78, 5) is 4.10. The molecule has 1 aromatic rings. The fourth-order valence-electron chi connectivity index (χ4n) is 0.645. The lowest BCUT2D eigenvalue weighted by Crippen LogP contribution is -1.79. The average molecular weight is 155 g/mol. The van der Waals surface area contributed by atoms with Crippen molar-refractivity contribution in [2.24, 2.45) is 0 Å². The van der Waals surface area contributed by atoms with Crippen molar-refractivity contribution in [1.29, 1.82) is 0 Å². The van der Waals surface area contributed by atoms with Crippen LogP contribution < -0.4 is 0 Å². The van der Waals surface area contributed by atoms with E-state index in [2.05, 4.69) is 4.98 Å². The van der Waals surface area contributed by atoms with Crippen LogP contribution in [0.3, 0.4) is 0 Å². The Balaban J connectivity index is 2.78. The van der Waals surface area contributed by atoms with Gasteiger partial charge in [-0.05, 0) is 13.0 Å².